The first-order valence-electron chi connectivity index (χ1n) is 5.26. The second kappa shape index (κ2) is 7.36. The summed E-state index contributed by atoms with van der Waals surface area (Å²) in [5.41, 5.74) is 0.361. The van der Waals surface area contributed by atoms with Gasteiger partial charge in [0, 0.05) is 6.42 Å². The van der Waals surface area contributed by atoms with Crippen LogP contribution in [0.4, 0.5) is 4.79 Å². The molecule has 0 saturated heterocycles. The maximum atomic E-state index is 10.5. The van der Waals surface area contributed by atoms with Crippen LogP contribution >= 0.6 is 0 Å². The average molecular weight is 268 g/mol. The van der Waals surface area contributed by atoms with Gasteiger partial charge in [0.05, 0.1) is 18.9 Å². The molecule has 0 saturated carbocycles. The Morgan fingerprint density at radius 1 is 1.26 bits per heavy atom. The van der Waals surface area contributed by atoms with Gasteiger partial charge in [-0.05, 0) is 0 Å². The third-order valence-corrected chi connectivity index (χ3v) is 2.06. The van der Waals surface area contributed by atoms with Gasteiger partial charge >= 0.3 is 6.03 Å². The molecule has 2 rings (SSSR count). The van der Waals surface area contributed by atoms with Crippen molar-refractivity contribution in [3.63, 3.8) is 0 Å². The monoisotopic (exact) mass is 268 g/mol. The van der Waals surface area contributed by atoms with Crippen molar-refractivity contribution in [3.05, 3.63) is 23.4 Å². The molecule has 1 aromatic rings. The smallest absolute Gasteiger partial charge is 0.369 e. The Bertz CT molecular complexity index is 524. The number of urea groups is 1. The van der Waals surface area contributed by atoms with E-state index in [1.54, 1.807) is 0 Å². The summed E-state index contributed by atoms with van der Waals surface area (Å²) in [6.45, 7) is -0.519. The standard InChI is InChI=1S/C5H2N4O.C5H10O4/c10-5-8-3-1-6-2-7-4(3)9-5;6-2-1-4(8)5(9)3-7/h1-2H;2,4-5,7-9H,1,3H2. The quantitative estimate of drug-likeness (QED) is 0.498. The van der Waals surface area contributed by atoms with Crippen molar-refractivity contribution in [3.8, 4) is 0 Å². The van der Waals surface area contributed by atoms with E-state index in [-0.39, 0.29) is 6.42 Å². The molecule has 9 heteroatoms. The molecule has 1 aliphatic rings. The van der Waals surface area contributed by atoms with E-state index >= 15 is 0 Å². The van der Waals surface area contributed by atoms with Gasteiger partial charge < -0.3 is 20.1 Å². The Kier molecular flexibility index (Phi) is 5.79. The Labute approximate surface area is 107 Å². The second-order valence-electron chi connectivity index (χ2n) is 3.46. The van der Waals surface area contributed by atoms with Crippen LogP contribution in [0.5, 0.6) is 0 Å². The molecule has 2 amide bonds. The third kappa shape index (κ3) is 4.58. The van der Waals surface area contributed by atoms with E-state index in [1.165, 1.54) is 12.5 Å². The zero-order valence-electron chi connectivity index (χ0n) is 9.75. The summed E-state index contributed by atoms with van der Waals surface area (Å²) in [5, 5.41) is 25.9. The molecule has 9 nitrogen and oxygen atoms in total. The third-order valence-electron chi connectivity index (χ3n) is 2.06. The number of fused-ring (bicyclic) bond motifs is 1. The van der Waals surface area contributed by atoms with E-state index in [2.05, 4.69) is 20.0 Å². The Hall–Kier alpha value is -2.10. The minimum atomic E-state index is -1.20. The Balaban J connectivity index is 0.000000192. The molecular formula is C10H12N4O5. The number of hydrogen-bond donors (Lipinski definition) is 3. The maximum absolute atomic E-state index is 10.5. The zero-order valence-corrected chi connectivity index (χ0v) is 9.75. The minimum absolute atomic E-state index is 0.137. The first-order chi connectivity index (χ1) is 9.08. The number of amides is 2. The lowest BCUT2D eigenvalue weighted by atomic mass is 10.2. The fourth-order valence-corrected chi connectivity index (χ4v) is 1.08. The predicted molar refractivity (Wildman–Crippen MR) is 59.5 cm³/mol. The lowest BCUT2D eigenvalue weighted by Crippen LogP contribution is -2.29. The largest absolute Gasteiger partial charge is 0.394 e. The van der Waals surface area contributed by atoms with E-state index in [9.17, 15) is 9.59 Å². The number of rotatable bonds is 4. The molecule has 0 aliphatic carbocycles. The second-order valence-corrected chi connectivity index (χ2v) is 3.46. The molecule has 102 valence electrons. The van der Waals surface area contributed by atoms with E-state index in [0.717, 1.165) is 0 Å². The number of carbonyl (C=O) groups excluding carboxylic acids is 2. The first-order valence-corrected chi connectivity index (χ1v) is 5.26. The number of hydrogen-bond acceptors (Lipinski definition) is 7. The molecule has 2 atom stereocenters. The topological polar surface area (TPSA) is 145 Å². The van der Waals surface area contributed by atoms with E-state index in [1.807, 2.05) is 0 Å². The van der Waals surface area contributed by atoms with E-state index < -0.39 is 24.8 Å². The van der Waals surface area contributed by atoms with Gasteiger partial charge in [-0.3, -0.25) is 0 Å². The van der Waals surface area contributed by atoms with Crippen LogP contribution < -0.4 is 10.8 Å². The molecular weight excluding hydrogens is 256 g/mol. The van der Waals surface area contributed by atoms with Crippen LogP contribution in [0.3, 0.4) is 0 Å². The van der Waals surface area contributed by atoms with Gasteiger partial charge in [0.25, 0.3) is 0 Å². The Morgan fingerprint density at radius 3 is 2.58 bits per heavy atom. The van der Waals surface area contributed by atoms with Crippen molar-refractivity contribution in [2.45, 2.75) is 18.6 Å². The van der Waals surface area contributed by atoms with Gasteiger partial charge in [-0.2, -0.15) is 9.98 Å². The van der Waals surface area contributed by atoms with Crippen molar-refractivity contribution in [2.75, 3.05) is 6.61 Å². The number of nitrogens with zero attached hydrogens (tertiary/aromatic N) is 4. The van der Waals surface area contributed by atoms with Gasteiger partial charge in [0.2, 0.25) is 0 Å². The van der Waals surface area contributed by atoms with Gasteiger partial charge in [-0.15, -0.1) is 0 Å². The molecule has 0 spiro atoms. The van der Waals surface area contributed by atoms with Crippen LogP contribution in [0.2, 0.25) is 0 Å². The molecule has 0 aromatic carbocycles. The van der Waals surface area contributed by atoms with E-state index in [0.29, 0.717) is 17.1 Å². The molecule has 1 aromatic heterocycles. The predicted octanol–water partition coefficient (Wildman–Crippen LogP) is -2.86. The van der Waals surface area contributed by atoms with Crippen molar-refractivity contribution < 1.29 is 24.9 Å². The van der Waals surface area contributed by atoms with E-state index in [4.69, 9.17) is 15.3 Å². The van der Waals surface area contributed by atoms with Crippen molar-refractivity contribution in [1.29, 1.82) is 0 Å². The highest BCUT2D eigenvalue weighted by Gasteiger charge is 2.13. The summed E-state index contributed by atoms with van der Waals surface area (Å²) in [5.74, 6) is 0. The summed E-state index contributed by atoms with van der Waals surface area (Å²) in [7, 11) is 0. The summed E-state index contributed by atoms with van der Waals surface area (Å²) in [4.78, 5) is 34.6. The van der Waals surface area contributed by atoms with Gasteiger partial charge in [0.1, 0.15) is 24.1 Å². The van der Waals surface area contributed by atoms with Crippen LogP contribution in [-0.4, -0.2) is 56.4 Å². The van der Waals surface area contributed by atoms with Crippen LogP contribution in [0.1, 0.15) is 6.42 Å². The summed E-state index contributed by atoms with van der Waals surface area (Å²) in [6, 6.07) is -0.504. The van der Waals surface area contributed by atoms with Crippen molar-refractivity contribution >= 4 is 12.3 Å². The number of aromatic nitrogens is 2. The highest BCUT2D eigenvalue weighted by Crippen LogP contribution is 1.94. The summed E-state index contributed by atoms with van der Waals surface area (Å²) >= 11 is 0. The fraction of sp³-hybridized carbons (Fsp3) is 0.400. The maximum Gasteiger partial charge on any atom is 0.369 e. The van der Waals surface area contributed by atoms with Gasteiger partial charge in [-0.25, -0.2) is 14.8 Å². The van der Waals surface area contributed by atoms with Crippen molar-refractivity contribution in [1.82, 2.24) is 9.97 Å². The molecule has 2 heterocycles. The van der Waals surface area contributed by atoms with Crippen LogP contribution in [-0.2, 0) is 4.79 Å². The minimum Gasteiger partial charge on any atom is -0.394 e. The lowest BCUT2D eigenvalue weighted by Gasteiger charge is -2.11. The van der Waals surface area contributed by atoms with Crippen LogP contribution in [0.15, 0.2) is 22.5 Å². The highest BCUT2D eigenvalue weighted by molar-refractivity contribution is 5.77. The molecule has 2 unspecified atom stereocenters. The molecule has 0 radical (unpaired) electrons. The SMILES string of the molecule is O=C1N=c2cncnc2=N1.O=CCC(O)C(O)CO. The number of carbonyl (C=O) groups is 2. The normalized spacial score (nSPS) is 15.2. The highest BCUT2D eigenvalue weighted by atomic mass is 16.4. The summed E-state index contributed by atoms with van der Waals surface area (Å²) < 4.78 is 0. The number of aliphatic hydroxyl groups is 3. The molecule has 0 fully saturated rings. The number of aldehydes is 1. The summed E-state index contributed by atoms with van der Waals surface area (Å²) in [6.07, 6.45) is 0.807. The average Bonchev–Trinajstić information content (AvgIpc) is 2.78. The van der Waals surface area contributed by atoms with Gasteiger partial charge in [0.15, 0.2) is 5.49 Å². The Morgan fingerprint density at radius 2 is 2.00 bits per heavy atom. The first kappa shape index (κ1) is 15.0. The van der Waals surface area contributed by atoms with Crippen LogP contribution in [0, 0.1) is 0 Å². The molecule has 0 bridgehead atoms. The molecule has 3 N–H and O–H groups in total. The lowest BCUT2D eigenvalue weighted by molar-refractivity contribution is -0.111. The number of aliphatic hydroxyl groups excluding tert-OH is 3. The molecule has 1 aliphatic heterocycles. The zero-order chi connectivity index (χ0) is 14.3. The van der Waals surface area contributed by atoms with Crippen molar-refractivity contribution in [2.24, 2.45) is 9.98 Å². The van der Waals surface area contributed by atoms with Crippen LogP contribution in [0.25, 0.3) is 0 Å². The molecule has 19 heavy (non-hydrogen) atoms. The fourth-order valence-electron chi connectivity index (χ4n) is 1.08. The van der Waals surface area contributed by atoms with Gasteiger partial charge in [-0.1, -0.05) is 0 Å².